The van der Waals surface area contributed by atoms with E-state index in [0.717, 1.165) is 17.9 Å². The van der Waals surface area contributed by atoms with Gasteiger partial charge in [0, 0.05) is 18.8 Å². The molecule has 0 aromatic heterocycles. The number of fused-ring (bicyclic) bond motifs is 1. The summed E-state index contributed by atoms with van der Waals surface area (Å²) in [6.45, 7) is 0.879. The summed E-state index contributed by atoms with van der Waals surface area (Å²) in [7, 11) is 0. The molecule has 1 aliphatic heterocycles. The van der Waals surface area contributed by atoms with E-state index < -0.39 is 11.9 Å². The number of aliphatic carboxylic acids is 1. The molecule has 2 amide bonds. The predicted octanol–water partition coefficient (Wildman–Crippen LogP) is 2.18. The molecule has 1 saturated carbocycles. The Balaban J connectivity index is 1.70. The zero-order valence-corrected chi connectivity index (χ0v) is 11.2. The molecule has 0 spiro atoms. The minimum Gasteiger partial charge on any atom is -0.481 e. The third-order valence-corrected chi connectivity index (χ3v) is 4.04. The van der Waals surface area contributed by atoms with Crippen LogP contribution in [0.25, 0.3) is 0 Å². The number of nitrogens with zero attached hydrogens (tertiary/aromatic N) is 1. The fraction of sp³-hybridized carbons (Fsp3) is 0.467. The van der Waals surface area contributed by atoms with E-state index in [9.17, 15) is 14.7 Å². The van der Waals surface area contributed by atoms with Crippen LogP contribution in [0.2, 0.25) is 0 Å². The predicted molar refractivity (Wildman–Crippen MR) is 74.9 cm³/mol. The summed E-state index contributed by atoms with van der Waals surface area (Å²) in [5.41, 5.74) is 1.43. The highest BCUT2D eigenvalue weighted by atomic mass is 16.4. The molecule has 1 fully saturated rings. The lowest BCUT2D eigenvalue weighted by Gasteiger charge is -2.18. The number of rotatable bonds is 4. The third kappa shape index (κ3) is 2.48. The van der Waals surface area contributed by atoms with E-state index in [4.69, 9.17) is 0 Å². The van der Waals surface area contributed by atoms with Crippen LogP contribution in [0.5, 0.6) is 0 Å². The molecule has 1 heterocycles. The van der Waals surface area contributed by atoms with Gasteiger partial charge in [-0.25, -0.2) is 4.79 Å². The van der Waals surface area contributed by atoms with Crippen molar-refractivity contribution < 1.29 is 14.7 Å². The number of urea groups is 1. The Morgan fingerprint density at radius 2 is 2.05 bits per heavy atom. The molecule has 5 nitrogen and oxygen atoms in total. The summed E-state index contributed by atoms with van der Waals surface area (Å²) in [6.07, 6.45) is 3.55. The number of benzene rings is 1. The van der Waals surface area contributed by atoms with Crippen molar-refractivity contribution in [3.8, 4) is 0 Å². The first-order valence-corrected chi connectivity index (χ1v) is 7.04. The molecule has 0 radical (unpaired) electrons. The molecule has 1 aromatic rings. The lowest BCUT2D eigenvalue weighted by molar-refractivity contribution is -0.138. The van der Waals surface area contributed by atoms with Crippen LogP contribution in [-0.2, 0) is 4.79 Å². The highest BCUT2D eigenvalue weighted by Gasteiger charge is 2.36. The van der Waals surface area contributed by atoms with E-state index in [2.05, 4.69) is 5.32 Å². The maximum Gasteiger partial charge on any atom is 0.321 e. The van der Waals surface area contributed by atoms with Crippen molar-refractivity contribution in [1.29, 1.82) is 0 Å². The Kier molecular flexibility index (Phi) is 3.34. The van der Waals surface area contributed by atoms with Gasteiger partial charge in [-0.15, -0.1) is 0 Å². The maximum absolute atomic E-state index is 12.2. The van der Waals surface area contributed by atoms with Gasteiger partial charge in [-0.1, -0.05) is 31.0 Å². The van der Waals surface area contributed by atoms with Crippen molar-refractivity contribution in [2.45, 2.75) is 25.2 Å². The second-order valence-electron chi connectivity index (χ2n) is 5.52. The van der Waals surface area contributed by atoms with Crippen LogP contribution in [0.15, 0.2) is 24.3 Å². The molecule has 2 aliphatic rings. The normalized spacial score (nSPS) is 20.6. The van der Waals surface area contributed by atoms with Gasteiger partial charge in [0.2, 0.25) is 0 Å². The van der Waals surface area contributed by atoms with E-state index in [1.807, 2.05) is 12.1 Å². The molecule has 0 bridgehead atoms. The molecule has 106 valence electrons. The van der Waals surface area contributed by atoms with Crippen LogP contribution in [0.1, 0.15) is 30.7 Å². The molecule has 1 atom stereocenters. The second-order valence-corrected chi connectivity index (χ2v) is 5.52. The molecular formula is C15H18N2O3. The van der Waals surface area contributed by atoms with Crippen molar-refractivity contribution in [2.24, 2.45) is 5.92 Å². The number of para-hydroxylation sites is 1. The monoisotopic (exact) mass is 274 g/mol. The Bertz CT molecular complexity index is 540. The average Bonchev–Trinajstić information content (AvgIpc) is 3.17. The van der Waals surface area contributed by atoms with Crippen molar-refractivity contribution in [3.63, 3.8) is 0 Å². The van der Waals surface area contributed by atoms with Gasteiger partial charge in [-0.3, -0.25) is 9.69 Å². The minimum atomic E-state index is -0.884. The van der Waals surface area contributed by atoms with Gasteiger partial charge in [0.05, 0.1) is 0 Å². The standard InChI is InChI=1S/C15H18N2O3/c18-14(19)12-9-17(13-4-2-1-3-11(12)13)15(20)16-8-7-10-5-6-10/h1-4,10,12H,5-9H2,(H,16,20)(H,18,19). The Morgan fingerprint density at radius 3 is 2.75 bits per heavy atom. The number of hydrogen-bond donors (Lipinski definition) is 2. The highest BCUT2D eigenvalue weighted by molar-refractivity contribution is 5.98. The Hall–Kier alpha value is -2.04. The Labute approximate surface area is 117 Å². The second kappa shape index (κ2) is 5.15. The third-order valence-electron chi connectivity index (χ3n) is 4.04. The molecule has 1 aliphatic carbocycles. The quantitative estimate of drug-likeness (QED) is 0.884. The van der Waals surface area contributed by atoms with Gasteiger partial charge in [-0.2, -0.15) is 0 Å². The van der Waals surface area contributed by atoms with Crippen molar-refractivity contribution >= 4 is 17.7 Å². The number of nitrogens with one attached hydrogen (secondary N) is 1. The van der Waals surface area contributed by atoms with E-state index in [-0.39, 0.29) is 12.6 Å². The lowest BCUT2D eigenvalue weighted by Crippen LogP contribution is -2.40. The van der Waals surface area contributed by atoms with Gasteiger partial charge in [0.15, 0.2) is 0 Å². The summed E-state index contributed by atoms with van der Waals surface area (Å²) in [5.74, 6) is -0.737. The number of carbonyl (C=O) groups is 2. The fourth-order valence-electron chi connectivity index (χ4n) is 2.70. The topological polar surface area (TPSA) is 69.6 Å². The maximum atomic E-state index is 12.2. The number of hydrogen-bond acceptors (Lipinski definition) is 2. The van der Waals surface area contributed by atoms with E-state index >= 15 is 0 Å². The Morgan fingerprint density at radius 1 is 1.30 bits per heavy atom. The molecule has 2 N–H and O–H groups in total. The summed E-state index contributed by atoms with van der Waals surface area (Å²) in [5, 5.41) is 12.1. The van der Waals surface area contributed by atoms with Gasteiger partial charge in [0.1, 0.15) is 5.92 Å². The number of carbonyl (C=O) groups excluding carboxylic acids is 1. The van der Waals surface area contributed by atoms with E-state index in [1.54, 1.807) is 17.0 Å². The number of carboxylic acid groups (broad SMARTS) is 1. The first kappa shape index (κ1) is 13.0. The first-order chi connectivity index (χ1) is 9.66. The van der Waals surface area contributed by atoms with Gasteiger partial charge >= 0.3 is 12.0 Å². The van der Waals surface area contributed by atoms with E-state index in [0.29, 0.717) is 12.2 Å². The smallest absolute Gasteiger partial charge is 0.321 e. The zero-order chi connectivity index (χ0) is 14.1. The van der Waals surface area contributed by atoms with Gasteiger partial charge in [-0.05, 0) is 24.0 Å². The summed E-state index contributed by atoms with van der Waals surface area (Å²) >= 11 is 0. The number of carboxylic acids is 1. The van der Waals surface area contributed by atoms with Crippen molar-refractivity contribution in [1.82, 2.24) is 5.32 Å². The molecular weight excluding hydrogens is 256 g/mol. The largest absolute Gasteiger partial charge is 0.481 e. The average molecular weight is 274 g/mol. The van der Waals surface area contributed by atoms with Gasteiger partial charge < -0.3 is 10.4 Å². The number of anilines is 1. The molecule has 20 heavy (non-hydrogen) atoms. The summed E-state index contributed by atoms with van der Waals surface area (Å²) in [6, 6.07) is 7.03. The van der Waals surface area contributed by atoms with Crippen LogP contribution in [0, 0.1) is 5.92 Å². The summed E-state index contributed by atoms with van der Waals surface area (Å²) < 4.78 is 0. The minimum absolute atomic E-state index is 0.193. The van der Waals surface area contributed by atoms with Gasteiger partial charge in [0.25, 0.3) is 0 Å². The van der Waals surface area contributed by atoms with Crippen molar-refractivity contribution in [3.05, 3.63) is 29.8 Å². The molecule has 5 heteroatoms. The lowest BCUT2D eigenvalue weighted by atomic mass is 10.0. The molecule has 3 rings (SSSR count). The molecule has 1 unspecified atom stereocenters. The SMILES string of the molecule is O=C(O)C1CN(C(=O)NCCC2CC2)c2ccccc21. The van der Waals surface area contributed by atoms with E-state index in [1.165, 1.54) is 12.8 Å². The van der Waals surface area contributed by atoms with Crippen LogP contribution < -0.4 is 10.2 Å². The zero-order valence-electron chi connectivity index (χ0n) is 11.2. The van der Waals surface area contributed by atoms with Crippen LogP contribution in [0.4, 0.5) is 10.5 Å². The van der Waals surface area contributed by atoms with Crippen molar-refractivity contribution in [2.75, 3.05) is 18.0 Å². The number of amides is 2. The van der Waals surface area contributed by atoms with Crippen LogP contribution in [0.3, 0.4) is 0 Å². The summed E-state index contributed by atoms with van der Waals surface area (Å²) in [4.78, 5) is 25.0. The highest BCUT2D eigenvalue weighted by Crippen LogP contribution is 2.36. The van der Waals surface area contributed by atoms with Crippen LogP contribution >= 0.6 is 0 Å². The van der Waals surface area contributed by atoms with Crippen LogP contribution in [-0.4, -0.2) is 30.2 Å². The fourth-order valence-corrected chi connectivity index (χ4v) is 2.70. The first-order valence-electron chi connectivity index (χ1n) is 7.04. The molecule has 1 aromatic carbocycles. The molecule has 0 saturated heterocycles.